The number of carbonyl (C=O) groups excluding carboxylic acids is 1. The fourth-order valence-electron chi connectivity index (χ4n) is 1.71. The maximum Gasteiger partial charge on any atom is 0.307 e. The molecule has 0 amide bonds. The number of nitrogens with zero attached hydrogens (tertiary/aromatic N) is 1. The van der Waals surface area contributed by atoms with Crippen LogP contribution in [0.5, 0.6) is 0 Å². The van der Waals surface area contributed by atoms with E-state index in [1.165, 1.54) is 10.6 Å². The number of hydrogen-bond donors (Lipinski definition) is 0. The summed E-state index contributed by atoms with van der Waals surface area (Å²) in [4.78, 5) is 24.7. The van der Waals surface area contributed by atoms with Crippen molar-refractivity contribution in [2.75, 3.05) is 0 Å². The standard InChI is InChI=1S/C13H11Cl2NO2S/c1-7-8(2)19-13(18)16(7)6-12(17)10-5-9(14)3-4-11(10)15/h3-5H,6H2,1-2H3. The molecular weight excluding hydrogens is 305 g/mol. The van der Waals surface area contributed by atoms with Crippen molar-refractivity contribution in [3.8, 4) is 0 Å². The number of Topliss-reactive ketones (excluding diaryl/α,β-unsaturated/α-hetero) is 1. The first kappa shape index (κ1) is 14.3. The molecular formula is C13H11Cl2NO2S. The predicted molar refractivity (Wildman–Crippen MR) is 78.8 cm³/mol. The van der Waals surface area contributed by atoms with Crippen LogP contribution in [0.4, 0.5) is 0 Å². The van der Waals surface area contributed by atoms with Crippen LogP contribution < -0.4 is 4.87 Å². The Morgan fingerprint density at radius 3 is 2.58 bits per heavy atom. The van der Waals surface area contributed by atoms with Crippen molar-refractivity contribution in [1.82, 2.24) is 4.57 Å². The molecule has 1 aromatic carbocycles. The molecule has 19 heavy (non-hydrogen) atoms. The Hall–Kier alpha value is -1.10. The molecule has 0 bridgehead atoms. The van der Waals surface area contributed by atoms with Gasteiger partial charge in [0.1, 0.15) is 0 Å². The number of aromatic nitrogens is 1. The molecule has 0 aliphatic heterocycles. The summed E-state index contributed by atoms with van der Waals surface area (Å²) in [6.45, 7) is 3.66. The Kier molecular flexibility index (Phi) is 4.13. The zero-order valence-corrected chi connectivity index (χ0v) is 12.7. The summed E-state index contributed by atoms with van der Waals surface area (Å²) < 4.78 is 1.46. The van der Waals surface area contributed by atoms with Gasteiger partial charge in [-0.3, -0.25) is 14.2 Å². The fraction of sp³-hybridized carbons (Fsp3) is 0.231. The second kappa shape index (κ2) is 5.49. The van der Waals surface area contributed by atoms with E-state index in [1.54, 1.807) is 12.1 Å². The lowest BCUT2D eigenvalue weighted by Gasteiger charge is -2.06. The second-order valence-corrected chi connectivity index (χ2v) is 6.15. The molecule has 1 heterocycles. The van der Waals surface area contributed by atoms with Gasteiger partial charge in [0.05, 0.1) is 11.6 Å². The summed E-state index contributed by atoms with van der Waals surface area (Å²) in [5.74, 6) is -0.226. The number of rotatable bonds is 3. The van der Waals surface area contributed by atoms with E-state index < -0.39 is 0 Å². The molecule has 0 aliphatic rings. The third-order valence-electron chi connectivity index (χ3n) is 2.91. The van der Waals surface area contributed by atoms with Crippen LogP contribution in [-0.2, 0) is 6.54 Å². The molecule has 0 fully saturated rings. The van der Waals surface area contributed by atoms with Gasteiger partial charge in [-0.2, -0.15) is 0 Å². The van der Waals surface area contributed by atoms with Crippen LogP contribution in [0.3, 0.4) is 0 Å². The number of aryl methyl sites for hydroxylation is 1. The van der Waals surface area contributed by atoms with Gasteiger partial charge in [0.2, 0.25) is 0 Å². The van der Waals surface area contributed by atoms with Crippen LogP contribution in [-0.4, -0.2) is 10.4 Å². The molecule has 0 atom stereocenters. The highest BCUT2D eigenvalue weighted by Crippen LogP contribution is 2.22. The highest BCUT2D eigenvalue weighted by molar-refractivity contribution is 7.09. The lowest BCUT2D eigenvalue weighted by Crippen LogP contribution is -2.20. The summed E-state index contributed by atoms with van der Waals surface area (Å²) in [6, 6.07) is 4.71. The van der Waals surface area contributed by atoms with Crippen molar-refractivity contribution >= 4 is 40.3 Å². The number of hydrogen-bond acceptors (Lipinski definition) is 3. The summed E-state index contributed by atoms with van der Waals surface area (Å²) in [5, 5.41) is 0.783. The molecule has 0 N–H and O–H groups in total. The number of thiazole rings is 1. The normalized spacial score (nSPS) is 10.7. The minimum atomic E-state index is -0.226. The molecule has 6 heteroatoms. The van der Waals surface area contributed by atoms with Crippen molar-refractivity contribution < 1.29 is 4.79 Å². The summed E-state index contributed by atoms with van der Waals surface area (Å²) in [6.07, 6.45) is 0. The van der Waals surface area contributed by atoms with Crippen LogP contribution in [0.25, 0.3) is 0 Å². The van der Waals surface area contributed by atoms with Crippen molar-refractivity contribution in [2.24, 2.45) is 0 Å². The minimum absolute atomic E-state index is 0.0188. The Balaban J connectivity index is 2.36. The molecule has 0 saturated heterocycles. The SMILES string of the molecule is Cc1sc(=O)n(CC(=O)c2cc(Cl)ccc2Cl)c1C. The van der Waals surface area contributed by atoms with Gasteiger partial charge in [-0.05, 0) is 32.0 Å². The third-order valence-corrected chi connectivity index (χ3v) is 4.47. The molecule has 3 nitrogen and oxygen atoms in total. The first-order valence-electron chi connectivity index (χ1n) is 5.55. The van der Waals surface area contributed by atoms with Crippen LogP contribution >= 0.6 is 34.5 Å². The second-order valence-electron chi connectivity index (χ2n) is 4.14. The highest BCUT2D eigenvalue weighted by Gasteiger charge is 2.15. The van der Waals surface area contributed by atoms with Gasteiger partial charge in [0.15, 0.2) is 5.78 Å². The highest BCUT2D eigenvalue weighted by atomic mass is 35.5. The first-order chi connectivity index (χ1) is 8.90. The average Bonchev–Trinajstić information content (AvgIpc) is 2.59. The van der Waals surface area contributed by atoms with E-state index in [4.69, 9.17) is 23.2 Å². The van der Waals surface area contributed by atoms with Gasteiger partial charge in [0, 0.05) is 21.2 Å². The van der Waals surface area contributed by atoms with Gasteiger partial charge in [-0.1, -0.05) is 34.5 Å². The molecule has 0 unspecified atom stereocenters. The lowest BCUT2D eigenvalue weighted by atomic mass is 10.1. The van der Waals surface area contributed by atoms with Crippen molar-refractivity contribution in [3.63, 3.8) is 0 Å². The Morgan fingerprint density at radius 2 is 2.00 bits per heavy atom. The summed E-state index contributed by atoms with van der Waals surface area (Å²) in [7, 11) is 0. The van der Waals surface area contributed by atoms with E-state index in [2.05, 4.69) is 0 Å². The zero-order valence-electron chi connectivity index (χ0n) is 10.4. The summed E-state index contributed by atoms with van der Waals surface area (Å²) in [5.41, 5.74) is 1.14. The van der Waals surface area contributed by atoms with Gasteiger partial charge in [0.25, 0.3) is 0 Å². The van der Waals surface area contributed by atoms with E-state index in [0.29, 0.717) is 15.6 Å². The maximum absolute atomic E-state index is 12.2. The predicted octanol–water partition coefficient (Wildman–Crippen LogP) is 3.72. The number of carbonyl (C=O) groups is 1. The van der Waals surface area contributed by atoms with Crippen LogP contribution in [0.2, 0.25) is 10.0 Å². The Bertz CT molecular complexity index is 703. The van der Waals surface area contributed by atoms with E-state index in [1.807, 2.05) is 13.8 Å². The minimum Gasteiger partial charge on any atom is -0.295 e. The molecule has 0 aliphatic carbocycles. The number of benzene rings is 1. The smallest absolute Gasteiger partial charge is 0.295 e. The van der Waals surface area contributed by atoms with E-state index in [9.17, 15) is 9.59 Å². The Morgan fingerprint density at radius 1 is 1.32 bits per heavy atom. The molecule has 100 valence electrons. The first-order valence-corrected chi connectivity index (χ1v) is 7.12. The van der Waals surface area contributed by atoms with Crippen molar-refractivity contribution in [3.05, 3.63) is 54.0 Å². The summed E-state index contributed by atoms with van der Waals surface area (Å²) >= 11 is 13.0. The zero-order chi connectivity index (χ0) is 14.2. The van der Waals surface area contributed by atoms with Crippen LogP contribution in [0.1, 0.15) is 20.9 Å². The lowest BCUT2D eigenvalue weighted by molar-refractivity contribution is 0.0971. The molecule has 0 radical (unpaired) electrons. The quantitative estimate of drug-likeness (QED) is 0.810. The van der Waals surface area contributed by atoms with E-state index in [0.717, 1.165) is 21.9 Å². The maximum atomic E-state index is 12.2. The third kappa shape index (κ3) is 2.91. The monoisotopic (exact) mass is 315 g/mol. The van der Waals surface area contributed by atoms with Crippen LogP contribution in [0, 0.1) is 13.8 Å². The molecule has 0 spiro atoms. The number of halogens is 2. The van der Waals surface area contributed by atoms with Crippen LogP contribution in [0.15, 0.2) is 23.0 Å². The molecule has 1 aromatic heterocycles. The van der Waals surface area contributed by atoms with Gasteiger partial charge < -0.3 is 0 Å². The van der Waals surface area contributed by atoms with Gasteiger partial charge in [-0.15, -0.1) is 0 Å². The number of ketones is 1. The molecule has 2 aromatic rings. The molecule has 2 rings (SSSR count). The Labute approximate surface area is 124 Å². The topological polar surface area (TPSA) is 39.1 Å². The molecule has 0 saturated carbocycles. The van der Waals surface area contributed by atoms with E-state index in [-0.39, 0.29) is 17.2 Å². The van der Waals surface area contributed by atoms with Crippen molar-refractivity contribution in [1.29, 1.82) is 0 Å². The van der Waals surface area contributed by atoms with Crippen molar-refractivity contribution in [2.45, 2.75) is 20.4 Å². The fourth-order valence-corrected chi connectivity index (χ4v) is 2.94. The van der Waals surface area contributed by atoms with E-state index >= 15 is 0 Å². The average molecular weight is 316 g/mol. The van der Waals surface area contributed by atoms with Gasteiger partial charge in [-0.25, -0.2) is 0 Å². The largest absolute Gasteiger partial charge is 0.307 e. The van der Waals surface area contributed by atoms with Gasteiger partial charge >= 0.3 is 4.87 Å².